The highest BCUT2D eigenvalue weighted by Crippen LogP contribution is 2.34. The van der Waals surface area contributed by atoms with E-state index in [9.17, 15) is 13.9 Å². The van der Waals surface area contributed by atoms with Crippen LogP contribution < -0.4 is 5.73 Å². The van der Waals surface area contributed by atoms with Crippen LogP contribution in [0, 0.1) is 5.82 Å². The summed E-state index contributed by atoms with van der Waals surface area (Å²) in [5.41, 5.74) is 6.94. The van der Waals surface area contributed by atoms with Crippen molar-refractivity contribution in [2.75, 3.05) is 12.3 Å². The maximum absolute atomic E-state index is 14.7. The number of aliphatic hydroxyl groups is 1. The van der Waals surface area contributed by atoms with Gasteiger partial charge in [-0.25, -0.2) is 13.8 Å². The lowest BCUT2D eigenvalue weighted by molar-refractivity contribution is -0.0660. The summed E-state index contributed by atoms with van der Waals surface area (Å²) < 4.78 is 40.1. The van der Waals surface area contributed by atoms with E-state index in [1.807, 2.05) is 0 Å². The van der Waals surface area contributed by atoms with Crippen LogP contribution in [0.2, 0.25) is 5.28 Å². The number of benzene rings is 1. The first kappa shape index (κ1) is 18.9. The largest absolute Gasteiger partial charge is 0.387 e. The summed E-state index contributed by atoms with van der Waals surface area (Å²) in [6, 6.07) is 5.78. The Bertz CT molecular complexity index is 987. The Kier molecular flexibility index (Phi) is 5.11. The fourth-order valence-electron chi connectivity index (χ4n) is 3.04. The Hall–Kier alpha value is -2.40. The molecule has 0 spiro atoms. The minimum Gasteiger partial charge on any atom is -0.387 e. The molecular formula is C17H16ClF2N5O3. The molecule has 4 rings (SSSR count). The molecule has 3 heterocycles. The van der Waals surface area contributed by atoms with Gasteiger partial charge < -0.3 is 20.3 Å². The molecule has 28 heavy (non-hydrogen) atoms. The Morgan fingerprint density at radius 3 is 2.79 bits per heavy atom. The Morgan fingerprint density at radius 2 is 2.04 bits per heavy atom. The third-order valence-electron chi connectivity index (χ3n) is 4.45. The highest BCUT2D eigenvalue weighted by molar-refractivity contribution is 6.28. The fraction of sp³-hybridized carbons (Fsp3) is 0.353. The highest BCUT2D eigenvalue weighted by atomic mass is 35.5. The summed E-state index contributed by atoms with van der Waals surface area (Å²) in [7, 11) is 0. The summed E-state index contributed by atoms with van der Waals surface area (Å²) in [6.45, 7) is 0.113. The lowest BCUT2D eigenvalue weighted by atomic mass is 10.1. The first-order valence-electron chi connectivity index (χ1n) is 8.39. The van der Waals surface area contributed by atoms with Crippen LogP contribution >= 0.6 is 11.6 Å². The number of halogens is 3. The predicted molar refractivity (Wildman–Crippen MR) is 95.6 cm³/mol. The van der Waals surface area contributed by atoms with E-state index < -0.39 is 24.6 Å². The van der Waals surface area contributed by atoms with E-state index in [2.05, 4.69) is 15.0 Å². The van der Waals surface area contributed by atoms with Crippen LogP contribution in [0.15, 0.2) is 30.6 Å². The summed E-state index contributed by atoms with van der Waals surface area (Å²) >= 11 is 5.82. The number of ether oxygens (including phenoxy) is 2. The maximum atomic E-state index is 14.7. The topological polar surface area (TPSA) is 108 Å². The quantitative estimate of drug-likeness (QED) is 0.618. The normalized spacial score (nSPS) is 24.9. The molecule has 0 aliphatic carbocycles. The summed E-state index contributed by atoms with van der Waals surface area (Å²) in [6.07, 6.45) is -3.94. The summed E-state index contributed by atoms with van der Waals surface area (Å²) in [5.74, 6) is -0.291. The molecular weight excluding hydrogens is 396 g/mol. The second-order valence-electron chi connectivity index (χ2n) is 6.34. The number of nitrogens with two attached hydrogens (primary N) is 1. The van der Waals surface area contributed by atoms with E-state index in [0.717, 1.165) is 5.56 Å². The van der Waals surface area contributed by atoms with Crippen molar-refractivity contribution in [2.24, 2.45) is 0 Å². The molecule has 0 radical (unpaired) electrons. The van der Waals surface area contributed by atoms with Gasteiger partial charge in [0.25, 0.3) is 0 Å². The zero-order chi connectivity index (χ0) is 19.8. The van der Waals surface area contributed by atoms with Crippen molar-refractivity contribution in [1.82, 2.24) is 19.5 Å². The zero-order valence-electron chi connectivity index (χ0n) is 14.4. The van der Waals surface area contributed by atoms with Gasteiger partial charge in [-0.1, -0.05) is 12.1 Å². The van der Waals surface area contributed by atoms with Crippen molar-refractivity contribution in [3.8, 4) is 0 Å². The van der Waals surface area contributed by atoms with Crippen LogP contribution in [0.3, 0.4) is 0 Å². The second-order valence-corrected chi connectivity index (χ2v) is 6.68. The molecule has 0 bridgehead atoms. The molecule has 1 saturated heterocycles. The molecule has 148 valence electrons. The van der Waals surface area contributed by atoms with Crippen LogP contribution in [0.25, 0.3) is 11.2 Å². The molecule has 0 amide bonds. The van der Waals surface area contributed by atoms with Gasteiger partial charge in [0.2, 0.25) is 5.28 Å². The first-order valence-corrected chi connectivity index (χ1v) is 8.77. The van der Waals surface area contributed by atoms with E-state index in [1.165, 1.54) is 23.0 Å². The number of imidazole rings is 1. The molecule has 1 aliphatic heterocycles. The average molecular weight is 412 g/mol. The van der Waals surface area contributed by atoms with E-state index in [1.54, 1.807) is 12.1 Å². The molecule has 11 heteroatoms. The minimum atomic E-state index is -1.74. The first-order chi connectivity index (χ1) is 13.4. The summed E-state index contributed by atoms with van der Waals surface area (Å²) in [4.78, 5) is 11.9. The lowest BCUT2D eigenvalue weighted by Crippen LogP contribution is -2.31. The molecule has 0 unspecified atom stereocenters. The number of anilines is 1. The second kappa shape index (κ2) is 7.55. The van der Waals surface area contributed by atoms with Crippen molar-refractivity contribution >= 4 is 28.6 Å². The van der Waals surface area contributed by atoms with Crippen molar-refractivity contribution in [2.45, 2.75) is 31.2 Å². The van der Waals surface area contributed by atoms with Crippen LogP contribution in [0.1, 0.15) is 11.8 Å². The smallest absolute Gasteiger partial charge is 0.226 e. The van der Waals surface area contributed by atoms with Crippen molar-refractivity contribution in [3.63, 3.8) is 0 Å². The van der Waals surface area contributed by atoms with Crippen LogP contribution in [0.5, 0.6) is 0 Å². The standard InChI is InChI=1S/C17H16ClF2N5O3/c18-17-23-14(21)12-15(24-17)25(7-22-12)16-11(20)13(26)10(28-16)6-27-5-8-1-3-9(19)4-2-8/h1-4,7,10-11,13,16,26H,5-6H2,(H2,21,23,24)/t10-,11+,13-,16-/m1/s1. The SMILES string of the molecule is Nc1nc(Cl)nc2c1ncn2[C@@H]1O[C@H](COCc2ccc(F)cc2)[C@@H](O)[C@@H]1F. The van der Waals surface area contributed by atoms with E-state index in [-0.39, 0.29) is 41.3 Å². The number of rotatable bonds is 5. The third-order valence-corrected chi connectivity index (χ3v) is 4.62. The Labute approximate surface area is 162 Å². The molecule has 2 aromatic heterocycles. The number of nitrogen functional groups attached to an aromatic ring is 1. The molecule has 1 aromatic carbocycles. The summed E-state index contributed by atoms with van der Waals surface area (Å²) in [5, 5.41) is 10.1. The van der Waals surface area contributed by atoms with Gasteiger partial charge in [-0.15, -0.1) is 0 Å². The van der Waals surface area contributed by atoms with Gasteiger partial charge in [-0.2, -0.15) is 9.97 Å². The number of aliphatic hydroxyl groups excluding tert-OH is 1. The van der Waals surface area contributed by atoms with Gasteiger partial charge in [0.05, 0.1) is 19.5 Å². The van der Waals surface area contributed by atoms with Gasteiger partial charge in [0.1, 0.15) is 23.5 Å². The highest BCUT2D eigenvalue weighted by Gasteiger charge is 2.45. The number of aromatic nitrogens is 4. The maximum Gasteiger partial charge on any atom is 0.226 e. The predicted octanol–water partition coefficient (Wildman–Crippen LogP) is 2.01. The number of fused-ring (bicyclic) bond motifs is 1. The zero-order valence-corrected chi connectivity index (χ0v) is 15.1. The molecule has 3 N–H and O–H groups in total. The molecule has 4 atom stereocenters. The van der Waals surface area contributed by atoms with Crippen molar-refractivity contribution in [3.05, 3.63) is 47.3 Å². The van der Waals surface area contributed by atoms with Crippen molar-refractivity contribution < 1.29 is 23.4 Å². The van der Waals surface area contributed by atoms with E-state index in [0.29, 0.717) is 0 Å². The minimum absolute atomic E-state index is 0.0556. The monoisotopic (exact) mass is 411 g/mol. The van der Waals surface area contributed by atoms with Gasteiger partial charge in [0.15, 0.2) is 23.9 Å². The molecule has 3 aromatic rings. The molecule has 1 fully saturated rings. The fourth-order valence-corrected chi connectivity index (χ4v) is 3.21. The van der Waals surface area contributed by atoms with Gasteiger partial charge >= 0.3 is 0 Å². The molecule has 8 nitrogen and oxygen atoms in total. The number of nitrogens with zero attached hydrogens (tertiary/aromatic N) is 4. The number of hydrogen-bond acceptors (Lipinski definition) is 7. The molecule has 1 aliphatic rings. The Morgan fingerprint density at radius 1 is 1.29 bits per heavy atom. The van der Waals surface area contributed by atoms with Crippen LogP contribution in [-0.2, 0) is 16.1 Å². The number of alkyl halides is 1. The average Bonchev–Trinajstić information content (AvgIpc) is 3.19. The lowest BCUT2D eigenvalue weighted by Gasteiger charge is -2.15. The van der Waals surface area contributed by atoms with Crippen molar-refractivity contribution in [1.29, 1.82) is 0 Å². The number of hydrogen-bond donors (Lipinski definition) is 2. The molecule has 0 saturated carbocycles. The van der Waals surface area contributed by atoms with E-state index in [4.69, 9.17) is 26.8 Å². The van der Waals surface area contributed by atoms with Crippen LogP contribution in [0.4, 0.5) is 14.6 Å². The van der Waals surface area contributed by atoms with Gasteiger partial charge in [-0.3, -0.25) is 4.57 Å². The van der Waals surface area contributed by atoms with Crippen LogP contribution in [-0.4, -0.2) is 49.6 Å². The van der Waals surface area contributed by atoms with Gasteiger partial charge in [-0.05, 0) is 29.3 Å². The Balaban J connectivity index is 1.46. The van der Waals surface area contributed by atoms with Gasteiger partial charge in [0, 0.05) is 0 Å². The van der Waals surface area contributed by atoms with E-state index >= 15 is 0 Å². The third kappa shape index (κ3) is 3.51.